The summed E-state index contributed by atoms with van der Waals surface area (Å²) < 4.78 is 31.5. The highest BCUT2D eigenvalue weighted by Crippen LogP contribution is 2.26. The molecule has 0 aromatic heterocycles. The van der Waals surface area contributed by atoms with Crippen molar-refractivity contribution in [1.82, 2.24) is 5.32 Å². The summed E-state index contributed by atoms with van der Waals surface area (Å²) >= 11 is 12.1. The number of alkyl halides is 3. The second-order valence-electron chi connectivity index (χ2n) is 7.88. The van der Waals surface area contributed by atoms with Gasteiger partial charge in [-0.25, -0.2) is 0 Å². The lowest BCUT2D eigenvalue weighted by Gasteiger charge is -2.26. The van der Waals surface area contributed by atoms with Gasteiger partial charge in [-0.3, -0.25) is 4.79 Å². The third kappa shape index (κ3) is 9.35. The smallest absolute Gasteiger partial charge is 0.430 e. The lowest BCUT2D eigenvalue weighted by molar-refractivity contribution is -0.856. The second-order valence-corrected chi connectivity index (χ2v) is 8.75. The molecule has 188 valence electrons. The van der Waals surface area contributed by atoms with Gasteiger partial charge < -0.3 is 15.2 Å². The summed E-state index contributed by atoms with van der Waals surface area (Å²) in [6.07, 6.45) is -0.755. The van der Waals surface area contributed by atoms with Crippen LogP contribution < -0.4 is 15.4 Å². The van der Waals surface area contributed by atoms with Crippen LogP contribution >= 0.6 is 23.2 Å². The summed E-state index contributed by atoms with van der Waals surface area (Å²) in [5.74, 6) is -2.92. The number of nitrogens with zero attached hydrogens (tertiary/aromatic N) is 1. The number of quaternary nitrogens is 1. The molecule has 2 aromatic carbocycles. The van der Waals surface area contributed by atoms with Crippen molar-refractivity contribution in [2.75, 3.05) is 6.54 Å². The average molecular weight is 530 g/mol. The van der Waals surface area contributed by atoms with Gasteiger partial charge in [-0.1, -0.05) is 52.6 Å². The highest BCUT2D eigenvalue weighted by atomic mass is 35.5. The summed E-state index contributed by atoms with van der Waals surface area (Å²) in [6.45, 7) is 4.30. The van der Waals surface area contributed by atoms with Crippen LogP contribution in [0.15, 0.2) is 65.4 Å². The first-order valence-electron chi connectivity index (χ1n) is 10.5. The highest BCUT2D eigenvalue weighted by molar-refractivity contribution is 6.30. The van der Waals surface area contributed by atoms with Crippen LogP contribution in [0.5, 0.6) is 0 Å². The van der Waals surface area contributed by atoms with Crippen molar-refractivity contribution in [3.63, 3.8) is 0 Å². The summed E-state index contributed by atoms with van der Waals surface area (Å²) in [7, 11) is 0. The van der Waals surface area contributed by atoms with Gasteiger partial charge in [-0.15, -0.1) is 0 Å². The number of hydrogen-bond donors (Lipinski definition) is 2. The number of halogens is 5. The van der Waals surface area contributed by atoms with E-state index in [0.29, 0.717) is 10.0 Å². The Hall–Kier alpha value is -2.88. The summed E-state index contributed by atoms with van der Waals surface area (Å²) in [6, 6.07) is 15.6. The Balaban J connectivity index is 0.000000540. The van der Waals surface area contributed by atoms with Gasteiger partial charge in [-0.05, 0) is 48.7 Å². The number of carboxylic acid groups (broad SMARTS) is 1. The van der Waals surface area contributed by atoms with Crippen LogP contribution in [0.2, 0.25) is 10.0 Å². The molecule has 3 rings (SSSR count). The Bertz CT molecular complexity index is 1070. The first kappa shape index (κ1) is 28.4. The molecule has 6 nitrogen and oxygen atoms in total. The molecule has 0 bridgehead atoms. The minimum Gasteiger partial charge on any atom is -0.542 e. The molecule has 0 aliphatic carbocycles. The molecule has 0 saturated heterocycles. The molecule has 1 amide bonds. The van der Waals surface area contributed by atoms with Gasteiger partial charge in [0.15, 0.2) is 6.54 Å². The van der Waals surface area contributed by atoms with Gasteiger partial charge in [0.05, 0.1) is 6.21 Å². The Morgan fingerprint density at radius 3 is 2.03 bits per heavy atom. The van der Waals surface area contributed by atoms with Crippen molar-refractivity contribution in [3.05, 3.63) is 81.5 Å². The van der Waals surface area contributed by atoms with E-state index in [-0.39, 0.29) is 24.4 Å². The lowest BCUT2D eigenvalue weighted by Crippen LogP contribution is -3.05. The monoisotopic (exact) mass is 529 g/mol. The van der Waals surface area contributed by atoms with E-state index in [0.717, 1.165) is 22.7 Å². The van der Waals surface area contributed by atoms with Gasteiger partial charge in [0.25, 0.3) is 5.91 Å². The first-order chi connectivity index (χ1) is 16.4. The van der Waals surface area contributed by atoms with Crippen LogP contribution in [0, 0.1) is 0 Å². The molecular weight excluding hydrogens is 506 g/mol. The van der Waals surface area contributed by atoms with Crippen LogP contribution in [0.4, 0.5) is 13.2 Å². The number of hydrogen-bond acceptors (Lipinski definition) is 4. The molecule has 11 heteroatoms. The fraction of sp³-hybridized carbons (Fsp3) is 0.292. The maximum absolute atomic E-state index is 12.6. The van der Waals surface area contributed by atoms with Crippen LogP contribution in [-0.2, 0) is 16.0 Å². The summed E-state index contributed by atoms with van der Waals surface area (Å²) in [5, 5.41) is 18.4. The topological polar surface area (TPSA) is 86.0 Å². The predicted octanol–water partition coefficient (Wildman–Crippen LogP) is 2.91. The number of nitrogens with one attached hydrogen (secondary N) is 2. The van der Waals surface area contributed by atoms with Crippen molar-refractivity contribution in [2.45, 2.75) is 38.4 Å². The van der Waals surface area contributed by atoms with Crippen molar-refractivity contribution < 1.29 is 32.9 Å². The van der Waals surface area contributed by atoms with Crippen LogP contribution in [0.3, 0.4) is 0 Å². The molecule has 0 saturated carbocycles. The average Bonchev–Trinajstić information content (AvgIpc) is 3.18. The van der Waals surface area contributed by atoms with Gasteiger partial charge in [0.2, 0.25) is 0 Å². The third-order valence-electron chi connectivity index (χ3n) is 5.23. The van der Waals surface area contributed by atoms with E-state index in [9.17, 15) is 18.0 Å². The normalized spacial score (nSPS) is 16.5. The summed E-state index contributed by atoms with van der Waals surface area (Å²) in [5.41, 5.74) is 3.34. The van der Waals surface area contributed by atoms with Gasteiger partial charge in [0, 0.05) is 35.0 Å². The predicted molar refractivity (Wildman–Crippen MR) is 126 cm³/mol. The van der Waals surface area contributed by atoms with Gasteiger partial charge >= 0.3 is 6.18 Å². The van der Waals surface area contributed by atoms with E-state index in [1.54, 1.807) is 6.21 Å². The van der Waals surface area contributed by atoms with Crippen molar-refractivity contribution >= 4 is 41.3 Å². The Kier molecular flexibility index (Phi) is 10.3. The fourth-order valence-electron chi connectivity index (χ4n) is 3.35. The number of carbonyl (C=O) groups excluding carboxylic acids is 2. The van der Waals surface area contributed by atoms with E-state index in [1.807, 2.05) is 68.5 Å². The zero-order chi connectivity index (χ0) is 26.2. The minimum atomic E-state index is -5.19. The largest absolute Gasteiger partial charge is 0.542 e. The maximum atomic E-state index is 12.6. The summed E-state index contributed by atoms with van der Waals surface area (Å²) in [4.78, 5) is 21.4. The fourth-order valence-corrected chi connectivity index (χ4v) is 3.60. The Labute approximate surface area is 211 Å². The maximum Gasteiger partial charge on any atom is 0.430 e. The number of carbonyl (C=O) groups is 2. The zero-order valence-corrected chi connectivity index (χ0v) is 20.4. The SMILES string of the molecule is CC1=CC=N[NH+]1CC(=O)N[C@H](C)[C@H](Cc1ccc(Cl)cc1)c1ccc(Cl)cc1.O=C([O-])C(F)(F)F. The van der Waals surface area contributed by atoms with Crippen LogP contribution in [-0.4, -0.2) is 36.9 Å². The quantitative estimate of drug-likeness (QED) is 0.578. The molecule has 2 aromatic rings. The molecule has 3 atom stereocenters. The Morgan fingerprint density at radius 2 is 1.57 bits per heavy atom. The minimum absolute atomic E-state index is 0.0237. The van der Waals surface area contributed by atoms with E-state index < -0.39 is 12.1 Å². The second kappa shape index (κ2) is 12.7. The number of rotatable bonds is 7. The standard InChI is InChI=1S/C22H23Cl2N3O.C2HF3O2/c1-15-11-12-25-27(15)14-22(28)26-16(2)21(18-5-9-20(24)10-6-18)13-17-3-7-19(23)8-4-17;3-2(4,5)1(6)7/h3-12,16,21H,13-14H2,1-2H3,(H,26,28);(H,6,7)/t16-,21+;/m1./s1. The highest BCUT2D eigenvalue weighted by Gasteiger charge is 2.29. The van der Waals surface area contributed by atoms with E-state index in [1.165, 1.54) is 5.56 Å². The molecule has 1 unspecified atom stereocenters. The molecule has 1 aliphatic rings. The number of benzene rings is 2. The van der Waals surface area contributed by atoms with Crippen LogP contribution in [0.25, 0.3) is 0 Å². The molecule has 35 heavy (non-hydrogen) atoms. The lowest BCUT2D eigenvalue weighted by atomic mass is 9.86. The van der Waals surface area contributed by atoms with Crippen molar-refractivity contribution in [2.24, 2.45) is 5.10 Å². The molecule has 1 heterocycles. The van der Waals surface area contributed by atoms with Crippen LogP contribution in [0.1, 0.15) is 30.9 Å². The van der Waals surface area contributed by atoms with E-state index in [4.69, 9.17) is 33.1 Å². The number of carboxylic acids is 1. The van der Waals surface area contributed by atoms with Gasteiger partial charge in [0.1, 0.15) is 11.7 Å². The number of amides is 1. The van der Waals surface area contributed by atoms with Gasteiger partial charge in [-0.2, -0.15) is 18.2 Å². The number of aliphatic carboxylic acids is 1. The molecule has 2 N–H and O–H groups in total. The van der Waals surface area contributed by atoms with E-state index >= 15 is 0 Å². The third-order valence-corrected chi connectivity index (χ3v) is 5.73. The molecular formula is C24H24Cl2F3N3O3. The van der Waals surface area contributed by atoms with E-state index in [2.05, 4.69) is 10.4 Å². The number of allylic oxidation sites excluding steroid dienone is 2. The molecule has 0 fully saturated rings. The molecule has 0 spiro atoms. The first-order valence-corrected chi connectivity index (χ1v) is 11.3. The molecule has 0 radical (unpaired) electrons. The van der Waals surface area contributed by atoms with Crippen molar-refractivity contribution in [3.8, 4) is 0 Å². The van der Waals surface area contributed by atoms with Crippen molar-refractivity contribution in [1.29, 1.82) is 0 Å². The zero-order valence-electron chi connectivity index (χ0n) is 18.9. The molecule has 1 aliphatic heterocycles. The Morgan fingerprint density at radius 1 is 1.06 bits per heavy atom.